The Kier molecular flexibility index (Phi) is 7.07. The van der Waals surface area contributed by atoms with Crippen molar-refractivity contribution in [1.29, 1.82) is 0 Å². The van der Waals surface area contributed by atoms with Gasteiger partial charge in [0.25, 0.3) is 0 Å². The summed E-state index contributed by atoms with van der Waals surface area (Å²) in [7, 11) is 5.84. The summed E-state index contributed by atoms with van der Waals surface area (Å²) in [6.45, 7) is 8.06. The van der Waals surface area contributed by atoms with Gasteiger partial charge in [-0.05, 0) is 26.2 Å². The molecular weight excluding hydrogens is 334 g/mol. The third-order valence-corrected chi connectivity index (χ3v) is 6.42. The molecule has 142 valence electrons. The molecule has 0 amide bonds. The van der Waals surface area contributed by atoms with Crippen LogP contribution in [0.3, 0.4) is 0 Å². The quantitative estimate of drug-likeness (QED) is 0.546. The first-order valence-electron chi connectivity index (χ1n) is 9.21. The second-order valence-corrected chi connectivity index (χ2v) is 7.60. The summed E-state index contributed by atoms with van der Waals surface area (Å²) in [6.07, 6.45) is 3.62. The van der Waals surface area contributed by atoms with Crippen molar-refractivity contribution in [2.75, 3.05) is 32.6 Å². The molecule has 2 N–H and O–H groups in total. The van der Waals surface area contributed by atoms with Crippen LogP contribution < -0.4 is 15.5 Å². The van der Waals surface area contributed by atoms with Crippen LogP contribution in [-0.2, 0) is 11.3 Å². The molecule has 0 radical (unpaired) electrons. The van der Waals surface area contributed by atoms with Gasteiger partial charge in [0.05, 0.1) is 18.3 Å². The lowest BCUT2D eigenvalue weighted by Crippen LogP contribution is -2.65. The van der Waals surface area contributed by atoms with Crippen LogP contribution in [-0.4, -0.2) is 50.8 Å². The van der Waals surface area contributed by atoms with Gasteiger partial charge >= 0.3 is 0 Å². The van der Waals surface area contributed by atoms with E-state index < -0.39 is 0 Å². The average Bonchev–Trinajstić information content (AvgIpc) is 3.07. The lowest BCUT2D eigenvalue weighted by atomic mass is 9.58. The molecule has 1 heterocycles. The number of nitrogens with zero attached hydrogens (tertiary/aromatic N) is 3. The molecule has 1 aromatic rings. The third kappa shape index (κ3) is 4.26. The van der Waals surface area contributed by atoms with Gasteiger partial charge in [-0.25, -0.2) is 4.98 Å². The summed E-state index contributed by atoms with van der Waals surface area (Å²) in [4.78, 5) is 11.0. The standard InChI is InChI=1S/C18H33N5OS/c1-7-18(8-2)14(10-15(18)24-9-3)22-16(19-4)20-11-13-12-25-17(21-13)23(5)6/h12,14-15H,7-11H2,1-6H3,(H2,19,20,22). The van der Waals surface area contributed by atoms with Crippen LogP contribution in [0.15, 0.2) is 10.4 Å². The van der Waals surface area contributed by atoms with Gasteiger partial charge in [-0.1, -0.05) is 13.8 Å². The molecule has 6 nitrogen and oxygen atoms in total. The normalized spacial score (nSPS) is 22.4. The average molecular weight is 368 g/mol. The maximum Gasteiger partial charge on any atom is 0.191 e. The SMILES string of the molecule is CCOC1CC(NC(=NC)NCc2csc(N(C)C)n2)C1(CC)CC. The molecule has 0 spiro atoms. The van der Waals surface area contributed by atoms with E-state index in [9.17, 15) is 0 Å². The Morgan fingerprint density at radius 2 is 2.12 bits per heavy atom. The summed E-state index contributed by atoms with van der Waals surface area (Å²) in [5, 5.41) is 10.1. The molecule has 2 rings (SSSR count). The first kappa shape index (κ1) is 20.0. The van der Waals surface area contributed by atoms with Gasteiger partial charge in [-0.3, -0.25) is 4.99 Å². The van der Waals surface area contributed by atoms with Gasteiger partial charge in [0.2, 0.25) is 0 Å². The minimum atomic E-state index is 0.201. The summed E-state index contributed by atoms with van der Waals surface area (Å²) in [5.74, 6) is 0.839. The number of hydrogen-bond acceptors (Lipinski definition) is 5. The Bertz CT molecular complexity index is 568. The number of guanidine groups is 1. The van der Waals surface area contributed by atoms with Crippen LogP contribution in [0.4, 0.5) is 5.13 Å². The van der Waals surface area contributed by atoms with E-state index in [0.29, 0.717) is 18.7 Å². The van der Waals surface area contributed by atoms with Crippen molar-refractivity contribution in [3.63, 3.8) is 0 Å². The first-order valence-corrected chi connectivity index (χ1v) is 10.1. The molecule has 0 aromatic carbocycles. The maximum absolute atomic E-state index is 5.96. The topological polar surface area (TPSA) is 61.8 Å². The second kappa shape index (κ2) is 8.85. The lowest BCUT2D eigenvalue weighted by Gasteiger charge is -2.55. The molecule has 0 bridgehead atoms. The van der Waals surface area contributed by atoms with E-state index in [0.717, 1.165) is 42.7 Å². The summed E-state index contributed by atoms with van der Waals surface area (Å²) in [5.41, 5.74) is 1.24. The molecule has 0 aliphatic heterocycles. The van der Waals surface area contributed by atoms with Crippen molar-refractivity contribution in [3.8, 4) is 0 Å². The Balaban J connectivity index is 1.93. The predicted molar refractivity (Wildman–Crippen MR) is 107 cm³/mol. The van der Waals surface area contributed by atoms with E-state index in [2.05, 4.69) is 46.8 Å². The number of aliphatic imine (C=N–C) groups is 1. The highest BCUT2D eigenvalue weighted by molar-refractivity contribution is 7.13. The highest BCUT2D eigenvalue weighted by Crippen LogP contribution is 2.48. The zero-order valence-electron chi connectivity index (χ0n) is 16.4. The zero-order chi connectivity index (χ0) is 18.4. The Labute approximate surface area is 156 Å². The Hall–Kier alpha value is -1.34. The number of aromatic nitrogens is 1. The Morgan fingerprint density at radius 3 is 2.64 bits per heavy atom. The van der Waals surface area contributed by atoms with E-state index in [1.807, 2.05) is 26.0 Å². The number of nitrogens with one attached hydrogen (secondary N) is 2. The van der Waals surface area contributed by atoms with Gasteiger partial charge in [-0.15, -0.1) is 11.3 Å². The van der Waals surface area contributed by atoms with Crippen molar-refractivity contribution in [2.45, 2.75) is 58.7 Å². The summed E-state index contributed by atoms with van der Waals surface area (Å²) < 4.78 is 5.96. The number of thiazole rings is 1. The van der Waals surface area contributed by atoms with Gasteiger partial charge in [0, 0.05) is 44.6 Å². The number of anilines is 1. The van der Waals surface area contributed by atoms with Gasteiger partial charge in [0.1, 0.15) is 0 Å². The predicted octanol–water partition coefficient (Wildman–Crippen LogP) is 2.86. The molecule has 1 saturated carbocycles. The van der Waals surface area contributed by atoms with Crippen molar-refractivity contribution >= 4 is 22.4 Å². The lowest BCUT2D eigenvalue weighted by molar-refractivity contribution is -0.133. The van der Waals surface area contributed by atoms with Crippen LogP contribution >= 0.6 is 11.3 Å². The highest BCUT2D eigenvalue weighted by atomic mass is 32.1. The molecule has 7 heteroatoms. The second-order valence-electron chi connectivity index (χ2n) is 6.76. The fourth-order valence-corrected chi connectivity index (χ4v) is 4.46. The zero-order valence-corrected chi connectivity index (χ0v) is 17.2. The maximum atomic E-state index is 5.96. The summed E-state index contributed by atoms with van der Waals surface area (Å²) >= 11 is 1.66. The summed E-state index contributed by atoms with van der Waals surface area (Å²) in [6, 6.07) is 0.401. The fourth-order valence-electron chi connectivity index (χ4n) is 3.70. The van der Waals surface area contributed by atoms with E-state index in [4.69, 9.17) is 4.74 Å². The van der Waals surface area contributed by atoms with Crippen LogP contribution in [0.25, 0.3) is 0 Å². The molecule has 1 aliphatic rings. The van der Waals surface area contributed by atoms with E-state index in [1.54, 1.807) is 11.3 Å². The van der Waals surface area contributed by atoms with E-state index in [1.165, 1.54) is 0 Å². The largest absolute Gasteiger partial charge is 0.378 e. The monoisotopic (exact) mass is 367 g/mol. The minimum Gasteiger partial charge on any atom is -0.378 e. The van der Waals surface area contributed by atoms with E-state index >= 15 is 0 Å². The van der Waals surface area contributed by atoms with Crippen molar-refractivity contribution in [2.24, 2.45) is 10.4 Å². The molecule has 2 unspecified atom stereocenters. The number of ether oxygens (including phenoxy) is 1. The molecule has 1 fully saturated rings. The molecule has 2 atom stereocenters. The van der Waals surface area contributed by atoms with Crippen molar-refractivity contribution < 1.29 is 4.74 Å². The molecule has 1 aromatic heterocycles. The third-order valence-electron chi connectivity index (χ3n) is 5.36. The Morgan fingerprint density at radius 1 is 1.40 bits per heavy atom. The number of hydrogen-bond donors (Lipinski definition) is 2. The first-order chi connectivity index (χ1) is 12.0. The minimum absolute atomic E-state index is 0.201. The van der Waals surface area contributed by atoms with Crippen LogP contribution in [0, 0.1) is 5.41 Å². The molecule has 0 saturated heterocycles. The van der Waals surface area contributed by atoms with E-state index in [-0.39, 0.29) is 5.41 Å². The number of rotatable bonds is 8. The van der Waals surface area contributed by atoms with Crippen LogP contribution in [0.5, 0.6) is 0 Å². The van der Waals surface area contributed by atoms with Gasteiger partial charge < -0.3 is 20.3 Å². The smallest absolute Gasteiger partial charge is 0.191 e. The van der Waals surface area contributed by atoms with Crippen LogP contribution in [0.1, 0.15) is 45.7 Å². The van der Waals surface area contributed by atoms with Crippen LogP contribution in [0.2, 0.25) is 0 Å². The highest BCUT2D eigenvalue weighted by Gasteiger charge is 2.53. The van der Waals surface area contributed by atoms with Gasteiger partial charge in [-0.2, -0.15) is 0 Å². The molecular formula is C18H33N5OS. The molecule has 25 heavy (non-hydrogen) atoms. The van der Waals surface area contributed by atoms with Crippen molar-refractivity contribution in [3.05, 3.63) is 11.1 Å². The van der Waals surface area contributed by atoms with Gasteiger partial charge in [0.15, 0.2) is 11.1 Å². The molecule has 1 aliphatic carbocycles. The fraction of sp³-hybridized carbons (Fsp3) is 0.778. The van der Waals surface area contributed by atoms with Crippen molar-refractivity contribution in [1.82, 2.24) is 15.6 Å².